The molecule has 138 valence electrons. The zero-order chi connectivity index (χ0) is 17.7. The monoisotopic (exact) mass is 344 g/mol. The van der Waals surface area contributed by atoms with Gasteiger partial charge >= 0.3 is 0 Å². The molecule has 0 aromatic rings. The fourth-order valence-electron chi connectivity index (χ4n) is 4.13. The normalized spacial score (nSPS) is 28.8. The van der Waals surface area contributed by atoms with Crippen LogP contribution in [0.3, 0.4) is 0 Å². The Morgan fingerprint density at radius 1 is 0.913 bits per heavy atom. The van der Waals surface area contributed by atoms with Gasteiger partial charge in [-0.2, -0.15) is 0 Å². The Kier molecular flexibility index (Phi) is 7.83. The van der Waals surface area contributed by atoms with E-state index in [-0.39, 0.29) is 10.3 Å². The number of unbranched alkanes of at least 4 members (excludes halogenated alkanes) is 2. The SMILES string of the molecule is CCCCN(CCCC)CCCNP1(=O)C(C)(C)C(C)C1(C)C. The minimum absolute atomic E-state index is 0.0688. The van der Waals surface area contributed by atoms with E-state index in [1.54, 1.807) is 0 Å². The highest BCUT2D eigenvalue weighted by molar-refractivity contribution is 7.66. The van der Waals surface area contributed by atoms with Crippen LogP contribution in [0.25, 0.3) is 0 Å². The van der Waals surface area contributed by atoms with Crippen molar-refractivity contribution in [3.8, 4) is 0 Å². The molecule has 23 heavy (non-hydrogen) atoms. The Morgan fingerprint density at radius 2 is 1.35 bits per heavy atom. The van der Waals surface area contributed by atoms with Gasteiger partial charge in [0, 0.05) is 16.9 Å². The first-order chi connectivity index (χ1) is 10.6. The van der Waals surface area contributed by atoms with E-state index < -0.39 is 7.29 Å². The van der Waals surface area contributed by atoms with Crippen LogP contribution in [-0.4, -0.2) is 41.4 Å². The summed E-state index contributed by atoms with van der Waals surface area (Å²) in [5.41, 5.74) is 0. The Labute approximate surface area is 145 Å². The summed E-state index contributed by atoms with van der Waals surface area (Å²) in [6.45, 7) is 19.9. The predicted octanol–water partition coefficient (Wildman–Crippen LogP) is 5.35. The highest BCUT2D eigenvalue weighted by Crippen LogP contribution is 2.79. The number of nitrogens with one attached hydrogen (secondary N) is 1. The number of hydrogen-bond donors (Lipinski definition) is 1. The van der Waals surface area contributed by atoms with Gasteiger partial charge < -0.3 is 9.46 Å². The van der Waals surface area contributed by atoms with Crippen molar-refractivity contribution in [2.75, 3.05) is 26.2 Å². The molecule has 1 heterocycles. The topological polar surface area (TPSA) is 32.3 Å². The lowest BCUT2D eigenvalue weighted by Gasteiger charge is -2.62. The molecule has 1 aliphatic rings. The number of hydrogen-bond acceptors (Lipinski definition) is 2. The van der Waals surface area contributed by atoms with E-state index in [2.05, 4.69) is 58.5 Å². The molecule has 0 radical (unpaired) electrons. The molecule has 1 rings (SSSR count). The molecule has 0 atom stereocenters. The van der Waals surface area contributed by atoms with E-state index >= 15 is 0 Å². The first kappa shape index (κ1) is 21.2. The summed E-state index contributed by atoms with van der Waals surface area (Å²) in [6.07, 6.45) is 6.19. The molecular weight excluding hydrogens is 303 g/mol. The van der Waals surface area contributed by atoms with E-state index in [1.165, 1.54) is 38.8 Å². The lowest BCUT2D eigenvalue weighted by Crippen LogP contribution is -2.61. The van der Waals surface area contributed by atoms with Crippen LogP contribution in [0.15, 0.2) is 0 Å². The van der Waals surface area contributed by atoms with Crippen molar-refractivity contribution in [2.24, 2.45) is 5.92 Å². The number of rotatable bonds is 11. The maximum absolute atomic E-state index is 13.4. The quantitative estimate of drug-likeness (QED) is 0.405. The number of nitrogens with zero attached hydrogens (tertiary/aromatic N) is 1. The Hall–Kier alpha value is 0.150. The van der Waals surface area contributed by atoms with Crippen molar-refractivity contribution < 1.29 is 4.57 Å². The van der Waals surface area contributed by atoms with Gasteiger partial charge in [0.05, 0.1) is 0 Å². The first-order valence-corrected chi connectivity index (χ1v) is 11.4. The minimum Gasteiger partial charge on any atom is -0.306 e. The van der Waals surface area contributed by atoms with E-state index in [1.807, 2.05) is 0 Å². The van der Waals surface area contributed by atoms with Crippen LogP contribution < -0.4 is 5.09 Å². The predicted molar refractivity (Wildman–Crippen MR) is 104 cm³/mol. The smallest absolute Gasteiger partial charge is 0.159 e. The van der Waals surface area contributed by atoms with Crippen LogP contribution in [-0.2, 0) is 4.57 Å². The van der Waals surface area contributed by atoms with Gasteiger partial charge in [0.2, 0.25) is 0 Å². The van der Waals surface area contributed by atoms with Gasteiger partial charge in [-0.1, -0.05) is 61.3 Å². The summed E-state index contributed by atoms with van der Waals surface area (Å²) in [6, 6.07) is 0. The lowest BCUT2D eigenvalue weighted by atomic mass is 9.83. The molecule has 4 heteroatoms. The standard InChI is InChI=1S/C19H41N2OP/c1-8-10-14-21(15-11-9-2)16-12-13-20-23(22)18(4,5)17(3)19(23,6)7/h17H,8-16H2,1-7H3,(H,20,22). The summed E-state index contributed by atoms with van der Waals surface area (Å²) in [4.78, 5) is 2.59. The first-order valence-electron chi connectivity index (χ1n) is 9.72. The molecule has 1 fully saturated rings. The average molecular weight is 345 g/mol. The average Bonchev–Trinajstić information content (AvgIpc) is 2.51. The Bertz CT molecular complexity index is 378. The fraction of sp³-hybridized carbons (Fsp3) is 1.00. The summed E-state index contributed by atoms with van der Waals surface area (Å²) >= 11 is 0. The molecule has 0 spiro atoms. The maximum atomic E-state index is 13.4. The molecule has 0 aromatic carbocycles. The summed E-state index contributed by atoms with van der Waals surface area (Å²) < 4.78 is 13.4. The second kappa shape index (κ2) is 8.50. The zero-order valence-corrected chi connectivity index (χ0v) is 17.6. The van der Waals surface area contributed by atoms with Crippen molar-refractivity contribution in [2.45, 2.75) is 90.9 Å². The molecule has 0 aromatic heterocycles. The molecule has 1 N–H and O–H groups in total. The molecule has 1 saturated heterocycles. The molecule has 0 unspecified atom stereocenters. The Morgan fingerprint density at radius 3 is 1.78 bits per heavy atom. The van der Waals surface area contributed by atoms with E-state index in [0.717, 1.165) is 19.5 Å². The van der Waals surface area contributed by atoms with Crippen molar-refractivity contribution >= 4 is 7.29 Å². The van der Waals surface area contributed by atoms with E-state index in [9.17, 15) is 4.57 Å². The van der Waals surface area contributed by atoms with E-state index in [0.29, 0.717) is 5.92 Å². The summed E-state index contributed by atoms with van der Waals surface area (Å²) in [5, 5.41) is 3.37. The van der Waals surface area contributed by atoms with Gasteiger partial charge in [-0.25, -0.2) is 0 Å². The van der Waals surface area contributed by atoms with E-state index in [4.69, 9.17) is 0 Å². The van der Waals surface area contributed by atoms with Gasteiger partial charge in [-0.05, 0) is 44.8 Å². The van der Waals surface area contributed by atoms with Crippen LogP contribution in [0.5, 0.6) is 0 Å². The summed E-state index contributed by atoms with van der Waals surface area (Å²) in [5.74, 6) is 0.499. The molecule has 1 aliphatic heterocycles. The van der Waals surface area contributed by atoms with Gasteiger partial charge in [-0.15, -0.1) is 0 Å². The summed E-state index contributed by atoms with van der Waals surface area (Å²) in [7, 11) is -2.33. The highest BCUT2D eigenvalue weighted by Gasteiger charge is 2.67. The van der Waals surface area contributed by atoms with Gasteiger partial charge in [0.1, 0.15) is 0 Å². The third-order valence-corrected chi connectivity index (χ3v) is 11.1. The molecular formula is C19H41N2OP. The van der Waals surface area contributed by atoms with Crippen LogP contribution in [0, 0.1) is 5.92 Å². The molecule has 0 saturated carbocycles. The van der Waals surface area contributed by atoms with Gasteiger partial charge in [0.15, 0.2) is 7.29 Å². The van der Waals surface area contributed by atoms with Gasteiger partial charge in [-0.3, -0.25) is 5.09 Å². The van der Waals surface area contributed by atoms with Crippen molar-refractivity contribution in [3.63, 3.8) is 0 Å². The Balaban J connectivity index is 2.44. The second-order valence-electron chi connectivity index (χ2n) is 8.45. The minimum atomic E-state index is -2.33. The molecule has 0 aliphatic carbocycles. The molecule has 0 bridgehead atoms. The lowest BCUT2D eigenvalue weighted by molar-refractivity contribution is 0.253. The highest BCUT2D eigenvalue weighted by atomic mass is 31.2. The zero-order valence-electron chi connectivity index (χ0n) is 16.7. The van der Waals surface area contributed by atoms with Gasteiger partial charge in [0.25, 0.3) is 0 Å². The van der Waals surface area contributed by atoms with Crippen LogP contribution in [0.4, 0.5) is 0 Å². The van der Waals surface area contributed by atoms with Crippen LogP contribution in [0.2, 0.25) is 0 Å². The third-order valence-electron chi connectivity index (χ3n) is 6.38. The largest absolute Gasteiger partial charge is 0.306 e. The maximum Gasteiger partial charge on any atom is 0.159 e. The van der Waals surface area contributed by atoms with Crippen molar-refractivity contribution in [1.82, 2.24) is 9.99 Å². The third kappa shape index (κ3) is 4.22. The second-order valence-corrected chi connectivity index (χ2v) is 12.3. The molecule has 0 amide bonds. The fourth-order valence-corrected chi connectivity index (χ4v) is 8.44. The van der Waals surface area contributed by atoms with Crippen molar-refractivity contribution in [1.29, 1.82) is 0 Å². The van der Waals surface area contributed by atoms with Crippen molar-refractivity contribution in [3.05, 3.63) is 0 Å². The van der Waals surface area contributed by atoms with Crippen LogP contribution in [0.1, 0.15) is 80.6 Å². The van der Waals surface area contributed by atoms with Crippen LogP contribution >= 0.6 is 7.29 Å². The molecule has 3 nitrogen and oxygen atoms in total.